The molecule has 0 heterocycles. The summed E-state index contributed by atoms with van der Waals surface area (Å²) < 4.78 is 13.8. The molecule has 2 aromatic rings. The first-order valence-corrected chi connectivity index (χ1v) is 6.72. The van der Waals surface area contributed by atoms with Crippen LogP contribution in [0.2, 0.25) is 0 Å². The minimum Gasteiger partial charge on any atom is -0.352 e. The van der Waals surface area contributed by atoms with Crippen molar-refractivity contribution in [3.05, 3.63) is 69.9 Å². The third kappa shape index (κ3) is 4.17. The smallest absolute Gasteiger partial charge is 0.251 e. The summed E-state index contributed by atoms with van der Waals surface area (Å²) in [4.78, 5) is 11.8. The standard InChI is InChI=1S/C15H13BrFNO/c16-13-5-2-4-12(10-13)15(19)18-8-7-11-3-1-6-14(17)9-11/h1-6,9-10H,7-8H2,(H,18,19). The normalized spacial score (nSPS) is 10.2. The Hall–Kier alpha value is -1.68. The highest BCUT2D eigenvalue weighted by Crippen LogP contribution is 2.11. The van der Waals surface area contributed by atoms with E-state index in [-0.39, 0.29) is 11.7 Å². The zero-order chi connectivity index (χ0) is 13.7. The van der Waals surface area contributed by atoms with Crippen molar-refractivity contribution < 1.29 is 9.18 Å². The van der Waals surface area contributed by atoms with Crippen LogP contribution in [0.15, 0.2) is 53.0 Å². The summed E-state index contributed by atoms with van der Waals surface area (Å²) >= 11 is 3.32. The van der Waals surface area contributed by atoms with E-state index >= 15 is 0 Å². The van der Waals surface area contributed by atoms with Gasteiger partial charge in [-0.05, 0) is 42.3 Å². The third-order valence-electron chi connectivity index (χ3n) is 2.68. The summed E-state index contributed by atoms with van der Waals surface area (Å²) in [7, 11) is 0. The van der Waals surface area contributed by atoms with Crippen molar-refractivity contribution in [3.63, 3.8) is 0 Å². The number of benzene rings is 2. The second-order valence-electron chi connectivity index (χ2n) is 4.15. The highest BCUT2D eigenvalue weighted by molar-refractivity contribution is 9.10. The summed E-state index contributed by atoms with van der Waals surface area (Å²) in [6.45, 7) is 0.481. The lowest BCUT2D eigenvalue weighted by Gasteiger charge is -2.06. The van der Waals surface area contributed by atoms with E-state index in [1.54, 1.807) is 18.2 Å². The lowest BCUT2D eigenvalue weighted by molar-refractivity contribution is 0.0954. The lowest BCUT2D eigenvalue weighted by Crippen LogP contribution is -2.25. The molecule has 0 atom stereocenters. The van der Waals surface area contributed by atoms with Crippen LogP contribution in [0.5, 0.6) is 0 Å². The Morgan fingerprint density at radius 1 is 1.16 bits per heavy atom. The molecule has 1 N–H and O–H groups in total. The van der Waals surface area contributed by atoms with E-state index in [0.29, 0.717) is 18.5 Å². The van der Waals surface area contributed by atoms with Gasteiger partial charge >= 0.3 is 0 Å². The maximum absolute atomic E-state index is 13.0. The van der Waals surface area contributed by atoms with Crippen molar-refractivity contribution >= 4 is 21.8 Å². The van der Waals surface area contributed by atoms with Gasteiger partial charge in [0.25, 0.3) is 5.91 Å². The van der Waals surface area contributed by atoms with Gasteiger partial charge in [-0.25, -0.2) is 4.39 Å². The molecule has 0 aliphatic rings. The van der Waals surface area contributed by atoms with E-state index in [9.17, 15) is 9.18 Å². The number of carbonyl (C=O) groups excluding carboxylic acids is 1. The third-order valence-corrected chi connectivity index (χ3v) is 3.17. The Labute approximate surface area is 119 Å². The molecule has 0 radical (unpaired) electrons. The highest BCUT2D eigenvalue weighted by atomic mass is 79.9. The molecular formula is C15H13BrFNO. The Bertz CT molecular complexity index is 586. The molecule has 0 spiro atoms. The minimum absolute atomic E-state index is 0.127. The van der Waals surface area contributed by atoms with Gasteiger partial charge < -0.3 is 5.32 Å². The van der Waals surface area contributed by atoms with Crippen LogP contribution < -0.4 is 5.32 Å². The highest BCUT2D eigenvalue weighted by Gasteiger charge is 2.05. The SMILES string of the molecule is O=C(NCCc1cccc(F)c1)c1cccc(Br)c1. The van der Waals surface area contributed by atoms with Gasteiger partial charge in [0.05, 0.1) is 0 Å². The summed E-state index contributed by atoms with van der Waals surface area (Å²) in [5, 5.41) is 2.81. The van der Waals surface area contributed by atoms with Crippen molar-refractivity contribution in [3.8, 4) is 0 Å². The van der Waals surface area contributed by atoms with Crippen LogP contribution in [0.4, 0.5) is 4.39 Å². The number of amides is 1. The lowest BCUT2D eigenvalue weighted by atomic mass is 10.1. The molecule has 0 unspecified atom stereocenters. The average molecular weight is 322 g/mol. The van der Waals surface area contributed by atoms with Crippen LogP contribution in [0.1, 0.15) is 15.9 Å². The van der Waals surface area contributed by atoms with Crippen LogP contribution in [0, 0.1) is 5.82 Å². The molecule has 0 fully saturated rings. The molecule has 0 saturated heterocycles. The molecule has 0 saturated carbocycles. The monoisotopic (exact) mass is 321 g/mol. The first-order chi connectivity index (χ1) is 9.15. The summed E-state index contributed by atoms with van der Waals surface area (Å²) in [5.41, 5.74) is 1.48. The molecule has 1 amide bonds. The molecule has 0 bridgehead atoms. The van der Waals surface area contributed by atoms with Crippen LogP contribution >= 0.6 is 15.9 Å². The van der Waals surface area contributed by atoms with Crippen LogP contribution in [0.3, 0.4) is 0 Å². The Kier molecular flexibility index (Phi) is 4.68. The van der Waals surface area contributed by atoms with Gasteiger partial charge in [0, 0.05) is 16.6 Å². The van der Waals surface area contributed by atoms with Crippen molar-refractivity contribution in [2.45, 2.75) is 6.42 Å². The predicted octanol–water partition coefficient (Wildman–Crippen LogP) is 3.56. The first-order valence-electron chi connectivity index (χ1n) is 5.93. The van der Waals surface area contributed by atoms with Crippen LogP contribution in [-0.2, 0) is 6.42 Å². The van der Waals surface area contributed by atoms with Crippen molar-refractivity contribution in [2.75, 3.05) is 6.54 Å². The maximum atomic E-state index is 13.0. The molecule has 0 aliphatic heterocycles. The Balaban J connectivity index is 1.87. The summed E-state index contributed by atoms with van der Waals surface area (Å²) in [6.07, 6.45) is 0.609. The average Bonchev–Trinajstić information content (AvgIpc) is 2.38. The fraction of sp³-hybridized carbons (Fsp3) is 0.133. The van der Waals surface area contributed by atoms with E-state index in [2.05, 4.69) is 21.2 Å². The fourth-order valence-corrected chi connectivity index (χ4v) is 2.14. The van der Waals surface area contributed by atoms with E-state index in [0.717, 1.165) is 10.0 Å². The van der Waals surface area contributed by atoms with Crippen LogP contribution in [-0.4, -0.2) is 12.5 Å². The molecule has 98 valence electrons. The zero-order valence-electron chi connectivity index (χ0n) is 10.2. The molecule has 0 aliphatic carbocycles. The van der Waals surface area contributed by atoms with Gasteiger partial charge in [0.2, 0.25) is 0 Å². The Morgan fingerprint density at radius 3 is 2.68 bits per heavy atom. The number of halogens is 2. The van der Waals surface area contributed by atoms with Gasteiger partial charge in [0.15, 0.2) is 0 Å². The maximum Gasteiger partial charge on any atom is 0.251 e. The molecule has 4 heteroatoms. The molecule has 2 nitrogen and oxygen atoms in total. The summed E-state index contributed by atoms with van der Waals surface area (Å²) in [6, 6.07) is 13.6. The number of hydrogen-bond donors (Lipinski definition) is 1. The van der Waals surface area contributed by atoms with Gasteiger partial charge in [-0.3, -0.25) is 4.79 Å². The topological polar surface area (TPSA) is 29.1 Å². The van der Waals surface area contributed by atoms with E-state index in [1.807, 2.05) is 18.2 Å². The fourth-order valence-electron chi connectivity index (χ4n) is 1.74. The zero-order valence-corrected chi connectivity index (χ0v) is 11.8. The van der Waals surface area contributed by atoms with Crippen LogP contribution in [0.25, 0.3) is 0 Å². The van der Waals surface area contributed by atoms with Crippen molar-refractivity contribution in [1.82, 2.24) is 5.32 Å². The molecule has 19 heavy (non-hydrogen) atoms. The Morgan fingerprint density at radius 2 is 1.95 bits per heavy atom. The van der Waals surface area contributed by atoms with E-state index in [4.69, 9.17) is 0 Å². The van der Waals surface area contributed by atoms with Gasteiger partial charge in [-0.2, -0.15) is 0 Å². The molecule has 0 aromatic heterocycles. The largest absolute Gasteiger partial charge is 0.352 e. The number of carbonyl (C=O) groups is 1. The second kappa shape index (κ2) is 6.48. The summed E-state index contributed by atoms with van der Waals surface area (Å²) in [5.74, 6) is -0.381. The quantitative estimate of drug-likeness (QED) is 0.916. The number of nitrogens with one attached hydrogen (secondary N) is 1. The van der Waals surface area contributed by atoms with Gasteiger partial charge in [-0.1, -0.05) is 34.1 Å². The number of hydrogen-bond acceptors (Lipinski definition) is 1. The molecular weight excluding hydrogens is 309 g/mol. The number of rotatable bonds is 4. The molecule has 2 rings (SSSR count). The second-order valence-corrected chi connectivity index (χ2v) is 5.06. The van der Waals surface area contributed by atoms with E-state index in [1.165, 1.54) is 12.1 Å². The van der Waals surface area contributed by atoms with Crippen molar-refractivity contribution in [2.24, 2.45) is 0 Å². The minimum atomic E-state index is -0.254. The van der Waals surface area contributed by atoms with Gasteiger partial charge in [0.1, 0.15) is 5.82 Å². The first kappa shape index (κ1) is 13.7. The molecule has 2 aromatic carbocycles. The van der Waals surface area contributed by atoms with Crippen molar-refractivity contribution in [1.29, 1.82) is 0 Å². The predicted molar refractivity (Wildman–Crippen MR) is 76.6 cm³/mol. The van der Waals surface area contributed by atoms with Gasteiger partial charge in [-0.15, -0.1) is 0 Å². The van der Waals surface area contributed by atoms with E-state index < -0.39 is 0 Å².